The van der Waals surface area contributed by atoms with Crippen molar-refractivity contribution in [1.29, 1.82) is 0 Å². The van der Waals surface area contributed by atoms with Crippen LogP contribution in [0.5, 0.6) is 0 Å². The predicted molar refractivity (Wildman–Crippen MR) is 67.6 cm³/mol. The minimum absolute atomic E-state index is 0.433. The largest absolute Gasteiger partial charge is 0.375 e. The summed E-state index contributed by atoms with van der Waals surface area (Å²) in [5.74, 6) is 0.918. The van der Waals surface area contributed by atoms with Gasteiger partial charge in [0, 0.05) is 12.1 Å². The maximum Gasteiger partial charge on any atom is 0.0565 e. The van der Waals surface area contributed by atoms with Gasteiger partial charge in [0.1, 0.15) is 0 Å². The average Bonchev–Trinajstić information content (AvgIpc) is 2.15. The molecule has 2 heteroatoms. The molecule has 1 saturated heterocycles. The summed E-state index contributed by atoms with van der Waals surface area (Å²) >= 11 is 0. The van der Waals surface area contributed by atoms with Crippen molar-refractivity contribution >= 4 is 0 Å². The minimum Gasteiger partial charge on any atom is -0.375 e. The number of rotatable bonds is 2. The molecule has 2 rings (SSSR count). The van der Waals surface area contributed by atoms with E-state index in [1.807, 2.05) is 0 Å². The molecule has 1 heterocycles. The molecule has 0 radical (unpaired) electrons. The molecule has 0 bridgehead atoms. The van der Waals surface area contributed by atoms with Crippen molar-refractivity contribution in [2.24, 2.45) is 5.92 Å². The molecule has 4 unspecified atom stereocenters. The Labute approximate surface area is 100 Å². The van der Waals surface area contributed by atoms with Gasteiger partial charge in [0.25, 0.3) is 0 Å². The zero-order chi connectivity index (χ0) is 11.5. The Kier molecular flexibility index (Phi) is 4.26. The number of ether oxygens (including phenoxy) is 1. The van der Waals surface area contributed by atoms with E-state index in [0.717, 1.165) is 12.0 Å². The van der Waals surface area contributed by atoms with E-state index in [1.165, 1.54) is 38.5 Å². The zero-order valence-electron chi connectivity index (χ0n) is 11.0. The molecule has 1 aliphatic heterocycles. The fraction of sp³-hybridized carbons (Fsp3) is 1.00. The van der Waals surface area contributed by atoms with Crippen molar-refractivity contribution in [3.63, 3.8) is 0 Å². The van der Waals surface area contributed by atoms with Crippen LogP contribution < -0.4 is 5.32 Å². The van der Waals surface area contributed by atoms with Crippen molar-refractivity contribution in [3.05, 3.63) is 0 Å². The number of nitrogens with one attached hydrogen (secondary N) is 1. The third-order valence-electron chi connectivity index (χ3n) is 4.11. The fourth-order valence-corrected chi connectivity index (χ4v) is 3.46. The molecule has 0 aromatic carbocycles. The Morgan fingerprint density at radius 2 is 1.56 bits per heavy atom. The quantitative estimate of drug-likeness (QED) is 0.779. The van der Waals surface area contributed by atoms with Crippen LogP contribution >= 0.6 is 0 Å². The third-order valence-corrected chi connectivity index (χ3v) is 4.11. The molecular weight excluding hydrogens is 198 g/mol. The summed E-state index contributed by atoms with van der Waals surface area (Å²) in [4.78, 5) is 0. The van der Waals surface area contributed by atoms with Gasteiger partial charge in [0.2, 0.25) is 0 Å². The summed E-state index contributed by atoms with van der Waals surface area (Å²) in [6, 6.07) is 1.46. The van der Waals surface area contributed by atoms with Crippen LogP contribution in [0.3, 0.4) is 0 Å². The van der Waals surface area contributed by atoms with Gasteiger partial charge < -0.3 is 10.1 Å². The molecule has 0 spiro atoms. The highest BCUT2D eigenvalue weighted by Crippen LogP contribution is 2.26. The molecule has 0 aromatic rings. The number of hydrogen-bond acceptors (Lipinski definition) is 2. The van der Waals surface area contributed by atoms with Crippen molar-refractivity contribution in [1.82, 2.24) is 5.32 Å². The normalized spacial score (nSPS) is 45.6. The summed E-state index contributed by atoms with van der Waals surface area (Å²) < 4.78 is 5.79. The van der Waals surface area contributed by atoms with E-state index in [1.54, 1.807) is 0 Å². The molecule has 1 aliphatic carbocycles. The molecule has 2 aliphatic rings. The zero-order valence-corrected chi connectivity index (χ0v) is 11.0. The fourth-order valence-electron chi connectivity index (χ4n) is 3.46. The Morgan fingerprint density at radius 1 is 0.875 bits per heavy atom. The van der Waals surface area contributed by atoms with Crippen LogP contribution in [-0.4, -0.2) is 24.3 Å². The van der Waals surface area contributed by atoms with Crippen molar-refractivity contribution < 1.29 is 4.74 Å². The first-order valence-corrected chi connectivity index (χ1v) is 7.05. The molecule has 4 atom stereocenters. The van der Waals surface area contributed by atoms with Gasteiger partial charge in [-0.2, -0.15) is 0 Å². The van der Waals surface area contributed by atoms with Crippen LogP contribution in [0.15, 0.2) is 0 Å². The van der Waals surface area contributed by atoms with E-state index in [-0.39, 0.29) is 0 Å². The van der Waals surface area contributed by atoms with Crippen LogP contribution in [0, 0.1) is 5.92 Å². The summed E-state index contributed by atoms with van der Waals surface area (Å²) in [7, 11) is 0. The lowest BCUT2D eigenvalue weighted by Gasteiger charge is -2.37. The molecule has 2 nitrogen and oxygen atoms in total. The van der Waals surface area contributed by atoms with Crippen molar-refractivity contribution in [2.45, 2.75) is 83.6 Å². The van der Waals surface area contributed by atoms with Crippen LogP contribution in [0.2, 0.25) is 0 Å². The standard InChI is InChI=1S/C14H27NO/c1-10-5-4-6-13(7-10)15-14-8-11(2)16-12(3)9-14/h10-15H,4-9H2,1-3H3. The highest BCUT2D eigenvalue weighted by Gasteiger charge is 2.27. The highest BCUT2D eigenvalue weighted by molar-refractivity contribution is 4.84. The second-order valence-electron chi connectivity index (χ2n) is 6.06. The monoisotopic (exact) mass is 225 g/mol. The lowest BCUT2D eigenvalue weighted by Crippen LogP contribution is -2.46. The van der Waals surface area contributed by atoms with Crippen LogP contribution in [-0.2, 0) is 4.74 Å². The summed E-state index contributed by atoms with van der Waals surface area (Å²) in [6.45, 7) is 6.80. The smallest absolute Gasteiger partial charge is 0.0565 e. The van der Waals surface area contributed by atoms with Gasteiger partial charge in [0.05, 0.1) is 12.2 Å². The average molecular weight is 225 g/mol. The van der Waals surface area contributed by atoms with E-state index < -0.39 is 0 Å². The third kappa shape index (κ3) is 3.46. The first kappa shape index (κ1) is 12.4. The number of hydrogen-bond donors (Lipinski definition) is 1. The van der Waals surface area contributed by atoms with Gasteiger partial charge >= 0.3 is 0 Å². The van der Waals surface area contributed by atoms with E-state index in [0.29, 0.717) is 18.2 Å². The Morgan fingerprint density at radius 3 is 2.19 bits per heavy atom. The minimum atomic E-state index is 0.433. The van der Waals surface area contributed by atoms with E-state index >= 15 is 0 Å². The van der Waals surface area contributed by atoms with Crippen molar-refractivity contribution in [2.75, 3.05) is 0 Å². The Bertz CT molecular complexity index is 209. The lowest BCUT2D eigenvalue weighted by atomic mass is 9.86. The Balaban J connectivity index is 1.79. The molecule has 2 fully saturated rings. The highest BCUT2D eigenvalue weighted by atomic mass is 16.5. The van der Waals surface area contributed by atoms with E-state index in [9.17, 15) is 0 Å². The van der Waals surface area contributed by atoms with Gasteiger partial charge in [0.15, 0.2) is 0 Å². The molecule has 0 amide bonds. The molecule has 1 saturated carbocycles. The molecule has 94 valence electrons. The molecular formula is C14H27NO. The van der Waals surface area contributed by atoms with Crippen LogP contribution in [0.25, 0.3) is 0 Å². The second kappa shape index (κ2) is 5.50. The van der Waals surface area contributed by atoms with Gasteiger partial charge in [-0.1, -0.05) is 19.8 Å². The second-order valence-corrected chi connectivity index (χ2v) is 6.06. The first-order valence-electron chi connectivity index (χ1n) is 7.05. The molecule has 0 aromatic heterocycles. The topological polar surface area (TPSA) is 21.3 Å². The summed E-state index contributed by atoms with van der Waals surface area (Å²) in [6.07, 6.45) is 8.84. The van der Waals surface area contributed by atoms with E-state index in [4.69, 9.17) is 4.74 Å². The molecule has 16 heavy (non-hydrogen) atoms. The van der Waals surface area contributed by atoms with Gasteiger partial charge in [-0.15, -0.1) is 0 Å². The van der Waals surface area contributed by atoms with E-state index in [2.05, 4.69) is 26.1 Å². The predicted octanol–water partition coefficient (Wildman–Crippen LogP) is 3.11. The van der Waals surface area contributed by atoms with Crippen LogP contribution in [0.1, 0.15) is 59.3 Å². The maximum absolute atomic E-state index is 5.79. The van der Waals surface area contributed by atoms with Crippen LogP contribution in [0.4, 0.5) is 0 Å². The summed E-state index contributed by atoms with van der Waals surface area (Å²) in [5, 5.41) is 3.87. The van der Waals surface area contributed by atoms with Gasteiger partial charge in [-0.25, -0.2) is 0 Å². The first-order chi connectivity index (χ1) is 7.63. The maximum atomic E-state index is 5.79. The SMILES string of the molecule is CC1CCCC(NC2CC(C)OC(C)C2)C1. The van der Waals surface area contributed by atoms with Gasteiger partial charge in [-0.3, -0.25) is 0 Å². The Hall–Kier alpha value is -0.0800. The lowest BCUT2D eigenvalue weighted by molar-refractivity contribution is -0.0443. The van der Waals surface area contributed by atoms with Crippen molar-refractivity contribution in [3.8, 4) is 0 Å². The molecule has 1 N–H and O–H groups in total. The summed E-state index contributed by atoms with van der Waals surface area (Å²) in [5.41, 5.74) is 0. The van der Waals surface area contributed by atoms with Gasteiger partial charge in [-0.05, 0) is 45.4 Å².